The van der Waals surface area contributed by atoms with Crippen molar-refractivity contribution in [2.24, 2.45) is 0 Å². The third-order valence-electron chi connectivity index (χ3n) is 2.55. The minimum atomic E-state index is -0.866. The zero-order valence-electron chi connectivity index (χ0n) is 8.51. The van der Waals surface area contributed by atoms with Gasteiger partial charge in [-0.3, -0.25) is 4.79 Å². The van der Waals surface area contributed by atoms with Crippen molar-refractivity contribution >= 4 is 11.6 Å². The van der Waals surface area contributed by atoms with Crippen LogP contribution in [0.2, 0.25) is 0 Å². The Morgan fingerprint density at radius 2 is 2.20 bits per heavy atom. The molecule has 1 saturated heterocycles. The van der Waals surface area contributed by atoms with Crippen molar-refractivity contribution in [2.45, 2.75) is 12.5 Å². The molecule has 0 aromatic heterocycles. The van der Waals surface area contributed by atoms with Gasteiger partial charge in [-0.2, -0.15) is 0 Å². The van der Waals surface area contributed by atoms with Gasteiger partial charge >= 0.3 is 0 Å². The first-order valence-electron chi connectivity index (χ1n) is 4.86. The summed E-state index contributed by atoms with van der Waals surface area (Å²) >= 11 is 0. The van der Waals surface area contributed by atoms with E-state index in [1.54, 1.807) is 18.1 Å². The number of anilines is 1. The number of rotatable bonds is 2. The van der Waals surface area contributed by atoms with Crippen molar-refractivity contribution in [3.05, 3.63) is 24.3 Å². The van der Waals surface area contributed by atoms with Crippen molar-refractivity contribution in [3.63, 3.8) is 0 Å². The van der Waals surface area contributed by atoms with Crippen molar-refractivity contribution in [3.8, 4) is 5.75 Å². The molecule has 0 saturated carbocycles. The molecule has 1 aromatic rings. The van der Waals surface area contributed by atoms with Crippen LogP contribution in [-0.2, 0) is 4.79 Å². The van der Waals surface area contributed by atoms with Crippen LogP contribution in [0.25, 0.3) is 0 Å². The van der Waals surface area contributed by atoms with Crippen molar-refractivity contribution < 1.29 is 14.6 Å². The molecule has 1 atom stereocenters. The number of methoxy groups -OCH3 is 1. The first-order valence-corrected chi connectivity index (χ1v) is 4.86. The van der Waals surface area contributed by atoms with E-state index in [1.807, 2.05) is 18.2 Å². The third-order valence-corrected chi connectivity index (χ3v) is 2.55. The van der Waals surface area contributed by atoms with E-state index in [-0.39, 0.29) is 5.91 Å². The molecule has 4 nitrogen and oxygen atoms in total. The minimum Gasteiger partial charge on any atom is -0.495 e. The Morgan fingerprint density at radius 1 is 1.47 bits per heavy atom. The summed E-state index contributed by atoms with van der Waals surface area (Å²) in [5.74, 6) is 0.402. The number of para-hydroxylation sites is 2. The van der Waals surface area contributed by atoms with E-state index in [0.29, 0.717) is 18.7 Å². The monoisotopic (exact) mass is 207 g/mol. The molecule has 4 heteroatoms. The lowest BCUT2D eigenvalue weighted by Gasteiger charge is -2.18. The van der Waals surface area contributed by atoms with Crippen LogP contribution in [0.15, 0.2) is 24.3 Å². The molecular weight excluding hydrogens is 194 g/mol. The quantitative estimate of drug-likeness (QED) is 0.780. The van der Waals surface area contributed by atoms with Crippen molar-refractivity contribution in [1.29, 1.82) is 0 Å². The first kappa shape index (κ1) is 9.98. The Morgan fingerprint density at radius 3 is 2.80 bits per heavy atom. The normalized spacial score (nSPS) is 20.8. The summed E-state index contributed by atoms with van der Waals surface area (Å²) in [6.45, 7) is 0.542. The summed E-state index contributed by atoms with van der Waals surface area (Å²) in [6, 6.07) is 7.30. The maximum atomic E-state index is 11.6. The topological polar surface area (TPSA) is 49.8 Å². The standard InChI is InChI=1S/C11H13NO3/c1-15-10-5-3-2-4-8(10)12-7-6-9(13)11(12)14/h2-5,9,13H,6-7H2,1H3. The number of aliphatic hydroxyl groups excluding tert-OH is 1. The first-order chi connectivity index (χ1) is 7.24. The SMILES string of the molecule is COc1ccccc1N1CCC(O)C1=O. The van der Waals surface area contributed by atoms with E-state index in [4.69, 9.17) is 4.74 Å². The van der Waals surface area contributed by atoms with Crippen molar-refractivity contribution in [2.75, 3.05) is 18.6 Å². The number of benzene rings is 1. The number of hydrogen-bond donors (Lipinski definition) is 1. The van der Waals surface area contributed by atoms with Crippen molar-refractivity contribution in [1.82, 2.24) is 0 Å². The molecule has 0 bridgehead atoms. The summed E-state index contributed by atoms with van der Waals surface area (Å²) < 4.78 is 5.17. The maximum Gasteiger partial charge on any atom is 0.255 e. The molecule has 80 valence electrons. The highest BCUT2D eigenvalue weighted by Crippen LogP contribution is 2.30. The fraction of sp³-hybridized carbons (Fsp3) is 0.364. The number of carbonyl (C=O) groups is 1. The summed E-state index contributed by atoms with van der Waals surface area (Å²) in [4.78, 5) is 13.2. The van der Waals surface area contributed by atoms with Gasteiger partial charge in [-0.05, 0) is 12.1 Å². The second kappa shape index (κ2) is 3.90. The van der Waals surface area contributed by atoms with Crippen LogP contribution in [0.1, 0.15) is 6.42 Å². The lowest BCUT2D eigenvalue weighted by molar-refractivity contribution is -0.124. The Hall–Kier alpha value is -1.55. The maximum absolute atomic E-state index is 11.6. The fourth-order valence-electron chi connectivity index (χ4n) is 1.76. The van der Waals surface area contributed by atoms with Crippen LogP contribution >= 0.6 is 0 Å². The number of nitrogens with zero attached hydrogens (tertiary/aromatic N) is 1. The van der Waals surface area contributed by atoms with Crippen LogP contribution in [-0.4, -0.2) is 30.8 Å². The highest BCUT2D eigenvalue weighted by molar-refractivity contribution is 5.99. The highest BCUT2D eigenvalue weighted by Gasteiger charge is 2.31. The number of hydrogen-bond acceptors (Lipinski definition) is 3. The van der Waals surface area contributed by atoms with E-state index >= 15 is 0 Å². The molecule has 1 unspecified atom stereocenters. The van der Waals surface area contributed by atoms with Gasteiger partial charge in [0, 0.05) is 13.0 Å². The molecule has 1 aliphatic rings. The van der Waals surface area contributed by atoms with Gasteiger partial charge in [0.2, 0.25) is 0 Å². The van der Waals surface area contributed by atoms with Crippen LogP contribution in [0.5, 0.6) is 5.75 Å². The average Bonchev–Trinajstić information content (AvgIpc) is 2.60. The van der Waals surface area contributed by atoms with Gasteiger partial charge in [0.05, 0.1) is 12.8 Å². The summed E-state index contributed by atoms with van der Waals surface area (Å²) in [7, 11) is 1.57. The van der Waals surface area contributed by atoms with E-state index in [2.05, 4.69) is 0 Å². The smallest absolute Gasteiger partial charge is 0.255 e. The molecule has 1 heterocycles. The predicted molar refractivity (Wildman–Crippen MR) is 56.0 cm³/mol. The molecule has 1 aliphatic heterocycles. The van der Waals surface area contributed by atoms with Gasteiger partial charge in [-0.15, -0.1) is 0 Å². The van der Waals surface area contributed by atoms with Gasteiger partial charge in [0.25, 0.3) is 5.91 Å². The Kier molecular flexibility index (Phi) is 2.60. The Balaban J connectivity index is 2.33. The van der Waals surface area contributed by atoms with Crippen LogP contribution in [0.3, 0.4) is 0 Å². The largest absolute Gasteiger partial charge is 0.495 e. The summed E-state index contributed by atoms with van der Waals surface area (Å²) in [5.41, 5.74) is 0.724. The van der Waals surface area contributed by atoms with E-state index in [9.17, 15) is 9.90 Å². The van der Waals surface area contributed by atoms with Gasteiger partial charge < -0.3 is 14.7 Å². The minimum absolute atomic E-state index is 0.250. The van der Waals surface area contributed by atoms with Gasteiger partial charge in [0.1, 0.15) is 11.9 Å². The lowest BCUT2D eigenvalue weighted by Crippen LogP contribution is -2.29. The van der Waals surface area contributed by atoms with Crippen LogP contribution in [0, 0.1) is 0 Å². The van der Waals surface area contributed by atoms with E-state index in [0.717, 1.165) is 5.69 Å². The number of amides is 1. The molecular formula is C11H13NO3. The third kappa shape index (κ3) is 1.68. The number of carbonyl (C=O) groups excluding carboxylic acids is 1. The Labute approximate surface area is 88.1 Å². The van der Waals surface area contributed by atoms with Gasteiger partial charge in [-0.25, -0.2) is 0 Å². The van der Waals surface area contributed by atoms with Crippen LogP contribution in [0.4, 0.5) is 5.69 Å². The molecule has 15 heavy (non-hydrogen) atoms. The van der Waals surface area contributed by atoms with Gasteiger partial charge in [0.15, 0.2) is 0 Å². The molecule has 0 spiro atoms. The fourth-order valence-corrected chi connectivity index (χ4v) is 1.76. The predicted octanol–water partition coefficient (Wildman–Crippen LogP) is 0.793. The molecule has 1 aromatic carbocycles. The molecule has 1 fully saturated rings. The zero-order chi connectivity index (χ0) is 10.8. The number of aliphatic hydroxyl groups is 1. The second-order valence-electron chi connectivity index (χ2n) is 3.47. The molecule has 0 aliphatic carbocycles. The summed E-state index contributed by atoms with van der Waals surface area (Å²) in [5, 5.41) is 9.36. The number of ether oxygens (including phenoxy) is 1. The second-order valence-corrected chi connectivity index (χ2v) is 3.47. The van der Waals surface area contributed by atoms with Crippen LogP contribution < -0.4 is 9.64 Å². The molecule has 1 N–H and O–H groups in total. The van der Waals surface area contributed by atoms with E-state index in [1.165, 1.54) is 0 Å². The lowest BCUT2D eigenvalue weighted by atomic mass is 10.2. The van der Waals surface area contributed by atoms with E-state index < -0.39 is 6.10 Å². The molecule has 2 rings (SSSR count). The zero-order valence-corrected chi connectivity index (χ0v) is 8.51. The molecule has 0 radical (unpaired) electrons. The highest BCUT2D eigenvalue weighted by atomic mass is 16.5. The average molecular weight is 207 g/mol. The summed E-state index contributed by atoms with van der Waals surface area (Å²) in [6.07, 6.45) is -0.383. The van der Waals surface area contributed by atoms with Gasteiger partial charge in [-0.1, -0.05) is 12.1 Å². The molecule has 1 amide bonds. The Bertz CT molecular complexity index is 378.